The van der Waals surface area contributed by atoms with E-state index in [0.29, 0.717) is 5.56 Å². The van der Waals surface area contributed by atoms with Crippen LogP contribution in [0.3, 0.4) is 0 Å². The third kappa shape index (κ3) is 5.17. The van der Waals surface area contributed by atoms with Gasteiger partial charge in [0.25, 0.3) is 0 Å². The maximum atomic E-state index is 13.4. The first kappa shape index (κ1) is 23.4. The van der Waals surface area contributed by atoms with Crippen molar-refractivity contribution in [2.24, 2.45) is 17.8 Å². The molecule has 0 unspecified atom stereocenters. The molecule has 0 radical (unpaired) electrons. The standard InChI is InChI=1S/C23H28BrNO6/c1-13(2)18(11-20(27)30-3)22(28)25-17-9-6-15(10-17)21(25)23(29)31-12-19(26)14-4-7-16(24)8-5-14/h4-5,7-8,13,15,17-18,21H,6,9-12H2,1-3H3/t15-,17+,18-,21-/m0/s1. The van der Waals surface area contributed by atoms with E-state index in [9.17, 15) is 19.2 Å². The Morgan fingerprint density at radius 3 is 2.42 bits per heavy atom. The van der Waals surface area contributed by atoms with Gasteiger partial charge in [-0.3, -0.25) is 14.4 Å². The number of ketones is 1. The summed E-state index contributed by atoms with van der Waals surface area (Å²) in [7, 11) is 1.30. The third-order valence-electron chi connectivity index (χ3n) is 6.33. The molecule has 168 valence electrons. The molecule has 1 amide bonds. The highest BCUT2D eigenvalue weighted by Gasteiger charge is 2.53. The summed E-state index contributed by atoms with van der Waals surface area (Å²) in [5.74, 6) is -2.13. The van der Waals surface area contributed by atoms with Crippen molar-refractivity contribution in [3.8, 4) is 0 Å². The molecule has 1 heterocycles. The number of hydrogen-bond donors (Lipinski definition) is 0. The molecule has 2 bridgehead atoms. The molecule has 1 saturated heterocycles. The van der Waals surface area contributed by atoms with Crippen molar-refractivity contribution in [1.82, 2.24) is 4.90 Å². The van der Waals surface area contributed by atoms with Crippen molar-refractivity contribution >= 4 is 39.6 Å². The summed E-state index contributed by atoms with van der Waals surface area (Å²) in [6, 6.07) is 6.08. The van der Waals surface area contributed by atoms with Gasteiger partial charge in [0.1, 0.15) is 6.04 Å². The van der Waals surface area contributed by atoms with Crippen LogP contribution in [0.4, 0.5) is 0 Å². The van der Waals surface area contributed by atoms with Crippen LogP contribution in [0, 0.1) is 17.8 Å². The van der Waals surface area contributed by atoms with Crippen molar-refractivity contribution in [3.05, 3.63) is 34.3 Å². The van der Waals surface area contributed by atoms with Crippen LogP contribution in [-0.4, -0.2) is 54.3 Å². The van der Waals surface area contributed by atoms with Crippen molar-refractivity contribution in [3.63, 3.8) is 0 Å². The molecule has 1 aromatic rings. The first-order valence-corrected chi connectivity index (χ1v) is 11.4. The van der Waals surface area contributed by atoms with Gasteiger partial charge in [-0.2, -0.15) is 0 Å². The van der Waals surface area contributed by atoms with Gasteiger partial charge in [0.15, 0.2) is 12.4 Å². The van der Waals surface area contributed by atoms with Crippen molar-refractivity contribution < 1.29 is 28.7 Å². The zero-order valence-corrected chi connectivity index (χ0v) is 19.6. The van der Waals surface area contributed by atoms with E-state index in [-0.39, 0.29) is 42.6 Å². The van der Waals surface area contributed by atoms with Crippen LogP contribution in [0.1, 0.15) is 49.9 Å². The van der Waals surface area contributed by atoms with E-state index in [1.807, 2.05) is 13.8 Å². The number of rotatable bonds is 8. The number of halogens is 1. The fourth-order valence-electron chi connectivity index (χ4n) is 4.61. The Balaban J connectivity index is 1.70. The second-order valence-corrected chi connectivity index (χ2v) is 9.50. The van der Waals surface area contributed by atoms with Crippen LogP contribution in [0.25, 0.3) is 0 Å². The lowest BCUT2D eigenvalue weighted by Crippen LogP contribution is -2.52. The maximum absolute atomic E-state index is 13.4. The van der Waals surface area contributed by atoms with Gasteiger partial charge in [-0.15, -0.1) is 0 Å². The van der Waals surface area contributed by atoms with Crippen LogP contribution in [0.2, 0.25) is 0 Å². The zero-order valence-electron chi connectivity index (χ0n) is 18.0. The molecule has 0 aromatic heterocycles. The predicted octanol–water partition coefficient (Wildman–Crippen LogP) is 3.39. The van der Waals surface area contributed by atoms with Gasteiger partial charge in [0.05, 0.1) is 19.4 Å². The zero-order chi connectivity index (χ0) is 22.7. The lowest BCUT2D eigenvalue weighted by Gasteiger charge is -2.36. The molecule has 8 heteroatoms. The first-order valence-electron chi connectivity index (χ1n) is 10.6. The predicted molar refractivity (Wildman–Crippen MR) is 116 cm³/mol. The normalized spacial score (nSPS) is 23.0. The second kappa shape index (κ2) is 9.94. The van der Waals surface area contributed by atoms with Gasteiger partial charge >= 0.3 is 11.9 Å². The highest BCUT2D eigenvalue weighted by atomic mass is 79.9. The Bertz CT molecular complexity index is 852. The number of carbonyl (C=O) groups is 4. The smallest absolute Gasteiger partial charge is 0.329 e. The second-order valence-electron chi connectivity index (χ2n) is 8.59. The fraction of sp³-hybridized carbons (Fsp3) is 0.565. The van der Waals surface area contributed by atoms with Crippen molar-refractivity contribution in [1.29, 1.82) is 0 Å². The lowest BCUT2D eigenvalue weighted by molar-refractivity contribution is -0.160. The SMILES string of the molecule is COC(=O)C[C@H](C(=O)N1[C@@H]2CC[C@@H](C2)[C@H]1C(=O)OCC(=O)c1ccc(Br)cc1)C(C)C. The van der Waals surface area contributed by atoms with Gasteiger partial charge in [-0.25, -0.2) is 4.79 Å². The average molecular weight is 494 g/mol. The monoisotopic (exact) mass is 493 g/mol. The van der Waals surface area contributed by atoms with Crippen LogP contribution in [0.5, 0.6) is 0 Å². The van der Waals surface area contributed by atoms with Gasteiger partial charge in [-0.05, 0) is 43.2 Å². The molecule has 7 nitrogen and oxygen atoms in total. The summed E-state index contributed by atoms with van der Waals surface area (Å²) >= 11 is 3.32. The van der Waals surface area contributed by atoms with Crippen LogP contribution in [-0.2, 0) is 23.9 Å². The number of fused-ring (bicyclic) bond motifs is 2. The molecular weight excluding hydrogens is 466 g/mol. The number of amides is 1. The molecule has 31 heavy (non-hydrogen) atoms. The van der Waals surface area contributed by atoms with Crippen LogP contribution >= 0.6 is 15.9 Å². The summed E-state index contributed by atoms with van der Waals surface area (Å²) in [5, 5.41) is 0. The van der Waals surface area contributed by atoms with Gasteiger partial charge in [0, 0.05) is 16.1 Å². The number of nitrogens with zero attached hydrogens (tertiary/aromatic N) is 1. The summed E-state index contributed by atoms with van der Waals surface area (Å²) < 4.78 is 11.0. The molecule has 2 aliphatic rings. The minimum absolute atomic E-state index is 0.0231. The molecule has 0 spiro atoms. The van der Waals surface area contributed by atoms with Gasteiger partial charge in [0.2, 0.25) is 5.91 Å². The quantitative estimate of drug-likeness (QED) is 0.407. The van der Waals surface area contributed by atoms with E-state index in [1.165, 1.54) is 7.11 Å². The summed E-state index contributed by atoms with van der Waals surface area (Å²) in [6.07, 6.45) is 2.40. The maximum Gasteiger partial charge on any atom is 0.329 e. The van der Waals surface area contributed by atoms with E-state index >= 15 is 0 Å². The number of hydrogen-bond acceptors (Lipinski definition) is 6. The van der Waals surface area contributed by atoms with Gasteiger partial charge < -0.3 is 14.4 Å². The largest absolute Gasteiger partial charge is 0.469 e. The lowest BCUT2D eigenvalue weighted by atomic mass is 9.89. The topological polar surface area (TPSA) is 90.0 Å². The number of carbonyl (C=O) groups excluding carboxylic acids is 4. The molecule has 1 aliphatic heterocycles. The van der Waals surface area contributed by atoms with Crippen LogP contribution in [0.15, 0.2) is 28.7 Å². The average Bonchev–Trinajstić information content (AvgIpc) is 3.37. The fourth-order valence-corrected chi connectivity index (χ4v) is 4.88. The van der Waals surface area contributed by atoms with E-state index in [4.69, 9.17) is 9.47 Å². The number of benzene rings is 1. The molecule has 0 N–H and O–H groups in total. The number of piperidine rings is 1. The number of ether oxygens (including phenoxy) is 2. The Morgan fingerprint density at radius 1 is 1.13 bits per heavy atom. The Kier molecular flexibility index (Phi) is 7.51. The van der Waals surface area contributed by atoms with Crippen LogP contribution < -0.4 is 0 Å². The summed E-state index contributed by atoms with van der Waals surface area (Å²) in [4.78, 5) is 52.1. The van der Waals surface area contributed by atoms with E-state index < -0.39 is 23.9 Å². The van der Waals surface area contributed by atoms with Crippen molar-refractivity contribution in [2.75, 3.05) is 13.7 Å². The Labute approximate surface area is 190 Å². The number of esters is 2. The number of methoxy groups -OCH3 is 1. The molecule has 1 aliphatic carbocycles. The Hall–Kier alpha value is -2.22. The number of Topliss-reactive ketones (excluding diaryl/α,β-unsaturated/α-hetero) is 1. The minimum atomic E-state index is -0.706. The highest BCUT2D eigenvalue weighted by Crippen LogP contribution is 2.44. The van der Waals surface area contributed by atoms with E-state index in [0.717, 1.165) is 23.7 Å². The summed E-state index contributed by atoms with van der Waals surface area (Å²) in [6.45, 7) is 3.39. The number of likely N-dealkylation sites (tertiary alicyclic amines) is 1. The highest BCUT2D eigenvalue weighted by molar-refractivity contribution is 9.10. The minimum Gasteiger partial charge on any atom is -0.469 e. The molecule has 1 aromatic carbocycles. The van der Waals surface area contributed by atoms with Gasteiger partial charge in [-0.1, -0.05) is 41.9 Å². The molecule has 1 saturated carbocycles. The Morgan fingerprint density at radius 2 is 1.81 bits per heavy atom. The molecular formula is C23H28BrNO6. The third-order valence-corrected chi connectivity index (χ3v) is 6.86. The van der Waals surface area contributed by atoms with E-state index in [1.54, 1.807) is 29.2 Å². The molecule has 4 atom stereocenters. The summed E-state index contributed by atoms with van der Waals surface area (Å²) in [5.41, 5.74) is 0.454. The molecule has 3 rings (SSSR count). The van der Waals surface area contributed by atoms with Crippen molar-refractivity contribution in [2.45, 2.75) is 51.6 Å². The van der Waals surface area contributed by atoms with E-state index in [2.05, 4.69) is 15.9 Å². The first-order chi connectivity index (χ1) is 14.7. The molecule has 2 fully saturated rings.